The van der Waals surface area contributed by atoms with Crippen molar-refractivity contribution in [3.05, 3.63) is 59.9 Å². The number of carbonyl (C=O) groups excluding carboxylic acids is 1. The monoisotopic (exact) mass is 430 g/mol. The number of hydrogen-bond acceptors (Lipinski definition) is 7. The summed E-state index contributed by atoms with van der Waals surface area (Å²) in [5.74, 6) is 1.69. The highest BCUT2D eigenvalue weighted by Crippen LogP contribution is 2.29. The Morgan fingerprint density at radius 3 is 2.59 bits per heavy atom. The quantitative estimate of drug-likeness (QED) is 0.379. The molecule has 1 N–H and O–H groups in total. The molecule has 0 unspecified atom stereocenters. The number of tetrazole rings is 1. The van der Waals surface area contributed by atoms with Gasteiger partial charge in [-0.3, -0.25) is 9.78 Å². The number of ketones is 1. The van der Waals surface area contributed by atoms with E-state index in [1.807, 2.05) is 47.3 Å². The number of unbranched alkanes of at least 4 members (excludes halogenated alkanes) is 1. The third kappa shape index (κ3) is 4.77. The maximum Gasteiger partial charge on any atom is 0.217 e. The molecule has 0 radical (unpaired) electrons. The Morgan fingerprint density at radius 2 is 1.91 bits per heavy atom. The Hall–Kier alpha value is -3.75. The molecule has 3 aromatic heterocycles. The van der Waals surface area contributed by atoms with E-state index in [1.165, 1.54) is 0 Å². The highest BCUT2D eigenvalue weighted by molar-refractivity contribution is 5.92. The van der Waals surface area contributed by atoms with Crippen molar-refractivity contribution in [2.24, 2.45) is 0 Å². The number of H-pyrrole nitrogens is 1. The first-order valence-electron chi connectivity index (χ1n) is 10.9. The number of aromatic nitrogens is 8. The summed E-state index contributed by atoms with van der Waals surface area (Å²) in [4.78, 5) is 21.6. The van der Waals surface area contributed by atoms with Crippen LogP contribution in [-0.2, 0) is 13.0 Å². The molecule has 9 nitrogen and oxygen atoms in total. The fourth-order valence-electron chi connectivity index (χ4n) is 3.53. The number of benzene rings is 1. The minimum atomic E-state index is 0.00442. The zero-order valence-corrected chi connectivity index (χ0v) is 18.3. The molecule has 0 aliphatic rings. The fourth-order valence-corrected chi connectivity index (χ4v) is 3.53. The lowest BCUT2D eigenvalue weighted by Gasteiger charge is -2.08. The SMILES string of the molecule is CCCCC(=O)c1nc(Cc2ccc(-c3ccccc3-c3nnn[nH]3)cn2)n(CCC)n1. The first kappa shape index (κ1) is 21.5. The van der Waals surface area contributed by atoms with Crippen LogP contribution in [0.15, 0.2) is 42.6 Å². The van der Waals surface area contributed by atoms with Gasteiger partial charge in [0.1, 0.15) is 5.82 Å². The average molecular weight is 431 g/mol. The molecule has 0 aliphatic carbocycles. The molecule has 9 heteroatoms. The number of nitrogens with zero attached hydrogens (tertiary/aromatic N) is 7. The third-order valence-corrected chi connectivity index (χ3v) is 5.19. The Morgan fingerprint density at radius 1 is 1.06 bits per heavy atom. The summed E-state index contributed by atoms with van der Waals surface area (Å²) in [5.41, 5.74) is 3.73. The first-order valence-corrected chi connectivity index (χ1v) is 10.9. The lowest BCUT2D eigenvalue weighted by atomic mass is 10.0. The Balaban J connectivity index is 1.56. The van der Waals surface area contributed by atoms with Crippen LogP contribution in [0.4, 0.5) is 0 Å². The predicted molar refractivity (Wildman–Crippen MR) is 120 cm³/mol. The molecular weight excluding hydrogens is 404 g/mol. The predicted octanol–water partition coefficient (Wildman–Crippen LogP) is 3.89. The van der Waals surface area contributed by atoms with Crippen molar-refractivity contribution in [3.63, 3.8) is 0 Å². The van der Waals surface area contributed by atoms with Crippen LogP contribution in [0.2, 0.25) is 0 Å². The summed E-state index contributed by atoms with van der Waals surface area (Å²) < 4.78 is 1.83. The molecule has 0 saturated carbocycles. The molecule has 0 fully saturated rings. The van der Waals surface area contributed by atoms with Crippen molar-refractivity contribution in [3.8, 4) is 22.5 Å². The molecule has 4 aromatic rings. The molecular formula is C23H26N8O. The first-order chi connectivity index (χ1) is 15.7. The summed E-state index contributed by atoms with van der Waals surface area (Å²) in [6, 6.07) is 11.9. The van der Waals surface area contributed by atoms with E-state index in [9.17, 15) is 4.79 Å². The van der Waals surface area contributed by atoms with Gasteiger partial charge in [-0.1, -0.05) is 50.6 Å². The molecule has 32 heavy (non-hydrogen) atoms. The second-order valence-corrected chi connectivity index (χ2v) is 7.61. The Bertz CT molecular complexity index is 1170. The van der Waals surface area contributed by atoms with Crippen LogP contribution in [0.3, 0.4) is 0 Å². The van der Waals surface area contributed by atoms with Crippen LogP contribution in [0.25, 0.3) is 22.5 Å². The molecule has 0 saturated heterocycles. The molecule has 0 spiro atoms. The van der Waals surface area contributed by atoms with E-state index in [0.29, 0.717) is 24.5 Å². The summed E-state index contributed by atoms with van der Waals surface area (Å²) >= 11 is 0. The largest absolute Gasteiger partial charge is 0.291 e. The number of pyridine rings is 1. The van der Waals surface area contributed by atoms with E-state index in [2.05, 4.69) is 49.5 Å². The number of aryl methyl sites for hydroxylation is 1. The maximum atomic E-state index is 12.4. The van der Waals surface area contributed by atoms with Crippen LogP contribution < -0.4 is 0 Å². The number of carbonyl (C=O) groups is 1. The van der Waals surface area contributed by atoms with Crippen molar-refractivity contribution in [2.45, 2.75) is 52.5 Å². The van der Waals surface area contributed by atoms with Gasteiger partial charge in [0, 0.05) is 42.4 Å². The minimum Gasteiger partial charge on any atom is -0.291 e. The third-order valence-electron chi connectivity index (χ3n) is 5.19. The minimum absolute atomic E-state index is 0.00442. The molecule has 4 rings (SSSR count). The van der Waals surface area contributed by atoms with Crippen molar-refractivity contribution >= 4 is 5.78 Å². The molecule has 164 valence electrons. The van der Waals surface area contributed by atoms with Crippen LogP contribution in [0, 0.1) is 0 Å². The average Bonchev–Trinajstić information content (AvgIpc) is 3.49. The number of nitrogens with one attached hydrogen (secondary N) is 1. The summed E-state index contributed by atoms with van der Waals surface area (Å²) in [5, 5.41) is 18.6. The van der Waals surface area contributed by atoms with Gasteiger partial charge in [-0.15, -0.1) is 10.2 Å². The lowest BCUT2D eigenvalue weighted by Crippen LogP contribution is -2.07. The van der Waals surface area contributed by atoms with E-state index in [1.54, 1.807) is 0 Å². The normalized spacial score (nSPS) is 11.1. The van der Waals surface area contributed by atoms with Gasteiger partial charge in [0.2, 0.25) is 11.6 Å². The Kier molecular flexibility index (Phi) is 6.74. The van der Waals surface area contributed by atoms with Crippen molar-refractivity contribution in [1.82, 2.24) is 40.4 Å². The molecule has 0 aliphatic heterocycles. The topological polar surface area (TPSA) is 115 Å². The number of aromatic amines is 1. The van der Waals surface area contributed by atoms with Crippen molar-refractivity contribution < 1.29 is 4.79 Å². The number of hydrogen-bond donors (Lipinski definition) is 1. The van der Waals surface area contributed by atoms with Gasteiger partial charge in [-0.25, -0.2) is 14.8 Å². The lowest BCUT2D eigenvalue weighted by molar-refractivity contribution is 0.0969. The van der Waals surface area contributed by atoms with E-state index in [0.717, 1.165) is 54.0 Å². The summed E-state index contributed by atoms with van der Waals surface area (Å²) in [7, 11) is 0. The number of Topliss-reactive ketones (excluding diaryl/α,β-unsaturated/α-hetero) is 1. The standard InChI is InChI=1S/C23H26N8O/c1-3-5-10-20(32)23-25-21(31(28-23)13-4-2)14-17-12-11-16(15-24-17)18-8-6-7-9-19(18)22-26-29-30-27-22/h6-9,11-12,15H,3-5,10,13-14H2,1-2H3,(H,26,27,29,30). The molecule has 0 bridgehead atoms. The Labute approximate surface area is 186 Å². The molecule has 0 atom stereocenters. The fraction of sp³-hybridized carbons (Fsp3) is 0.348. The van der Waals surface area contributed by atoms with E-state index >= 15 is 0 Å². The molecule has 1 aromatic carbocycles. The number of rotatable bonds is 10. The van der Waals surface area contributed by atoms with Gasteiger partial charge < -0.3 is 0 Å². The second kappa shape index (κ2) is 10.0. The highest BCUT2D eigenvalue weighted by atomic mass is 16.1. The van der Waals surface area contributed by atoms with E-state index in [4.69, 9.17) is 0 Å². The van der Waals surface area contributed by atoms with Gasteiger partial charge in [0.15, 0.2) is 5.82 Å². The van der Waals surface area contributed by atoms with Crippen LogP contribution >= 0.6 is 0 Å². The highest BCUT2D eigenvalue weighted by Gasteiger charge is 2.17. The van der Waals surface area contributed by atoms with E-state index < -0.39 is 0 Å². The summed E-state index contributed by atoms with van der Waals surface area (Å²) in [6.07, 6.45) is 5.58. The van der Waals surface area contributed by atoms with Crippen LogP contribution in [0.1, 0.15) is 61.7 Å². The molecule has 0 amide bonds. The van der Waals surface area contributed by atoms with Crippen LogP contribution in [-0.4, -0.2) is 46.2 Å². The van der Waals surface area contributed by atoms with Crippen molar-refractivity contribution in [1.29, 1.82) is 0 Å². The van der Waals surface area contributed by atoms with Gasteiger partial charge in [-0.05, 0) is 34.9 Å². The maximum absolute atomic E-state index is 12.4. The van der Waals surface area contributed by atoms with Gasteiger partial charge >= 0.3 is 0 Å². The second-order valence-electron chi connectivity index (χ2n) is 7.61. The van der Waals surface area contributed by atoms with Gasteiger partial charge in [-0.2, -0.15) is 0 Å². The van der Waals surface area contributed by atoms with Gasteiger partial charge in [0.25, 0.3) is 0 Å². The summed E-state index contributed by atoms with van der Waals surface area (Å²) in [6.45, 7) is 4.87. The van der Waals surface area contributed by atoms with E-state index in [-0.39, 0.29) is 5.78 Å². The van der Waals surface area contributed by atoms with Gasteiger partial charge in [0.05, 0.1) is 0 Å². The van der Waals surface area contributed by atoms with Crippen LogP contribution in [0.5, 0.6) is 0 Å². The smallest absolute Gasteiger partial charge is 0.217 e. The molecule has 3 heterocycles. The zero-order chi connectivity index (χ0) is 22.3. The zero-order valence-electron chi connectivity index (χ0n) is 18.3. The van der Waals surface area contributed by atoms with Crippen molar-refractivity contribution in [2.75, 3.05) is 0 Å².